The molecule has 1 atom stereocenters. The lowest BCUT2D eigenvalue weighted by Gasteiger charge is -2.28. The highest BCUT2D eigenvalue weighted by Gasteiger charge is 2.27. The number of hydrogen-bond acceptors (Lipinski definition) is 6. The number of morpholine rings is 1. The maximum absolute atomic E-state index is 9.78. The van der Waals surface area contributed by atoms with Crippen molar-refractivity contribution in [1.82, 2.24) is 4.98 Å². The van der Waals surface area contributed by atoms with Gasteiger partial charge in [-0.1, -0.05) is 60.7 Å². The minimum Gasteiger partial charge on any atom is -0.428 e. The van der Waals surface area contributed by atoms with E-state index >= 15 is 0 Å². The average Bonchev–Trinajstić information content (AvgIpc) is 3.33. The predicted octanol–water partition coefficient (Wildman–Crippen LogP) is 4.24. The van der Waals surface area contributed by atoms with Crippen LogP contribution < -0.4 is 4.90 Å². The van der Waals surface area contributed by atoms with Gasteiger partial charge in [0.25, 0.3) is 0 Å². The molecule has 31 heavy (non-hydrogen) atoms. The van der Waals surface area contributed by atoms with E-state index < -0.39 is 0 Å². The van der Waals surface area contributed by atoms with Crippen molar-refractivity contribution in [2.24, 2.45) is 4.99 Å². The van der Waals surface area contributed by atoms with Crippen LogP contribution in [-0.4, -0.2) is 43.5 Å². The first kappa shape index (κ1) is 20.8. The highest BCUT2D eigenvalue weighted by Crippen LogP contribution is 2.34. The fraction of sp³-hybridized carbons (Fsp3) is 0.320. The van der Waals surface area contributed by atoms with E-state index in [9.17, 15) is 5.26 Å². The molecular formula is C25H26N4O2. The summed E-state index contributed by atoms with van der Waals surface area (Å²) in [6.45, 7) is 3.45. The van der Waals surface area contributed by atoms with E-state index in [0.29, 0.717) is 31.9 Å². The Balaban J connectivity index is 1.57. The summed E-state index contributed by atoms with van der Waals surface area (Å²) < 4.78 is 11.3. The maximum Gasteiger partial charge on any atom is 0.220 e. The minimum absolute atomic E-state index is 0.104. The summed E-state index contributed by atoms with van der Waals surface area (Å²) in [7, 11) is 0. The van der Waals surface area contributed by atoms with Crippen LogP contribution >= 0.6 is 0 Å². The zero-order valence-corrected chi connectivity index (χ0v) is 17.5. The van der Waals surface area contributed by atoms with Crippen LogP contribution in [-0.2, 0) is 11.2 Å². The van der Waals surface area contributed by atoms with E-state index in [1.54, 1.807) is 0 Å². The topological polar surface area (TPSA) is 74.7 Å². The lowest BCUT2D eigenvalue weighted by atomic mass is 9.90. The van der Waals surface area contributed by atoms with Crippen LogP contribution in [0.4, 0.5) is 5.88 Å². The number of oxazole rings is 1. The molecule has 1 aliphatic rings. The molecule has 2 heterocycles. The van der Waals surface area contributed by atoms with Crippen LogP contribution in [0.3, 0.4) is 0 Å². The number of aliphatic imine (C=N–C) groups is 1. The van der Waals surface area contributed by atoms with Crippen molar-refractivity contribution in [1.29, 1.82) is 5.26 Å². The summed E-state index contributed by atoms with van der Waals surface area (Å²) in [4.78, 5) is 11.4. The Morgan fingerprint density at radius 3 is 2.48 bits per heavy atom. The molecule has 0 amide bonds. The van der Waals surface area contributed by atoms with Gasteiger partial charge in [-0.3, -0.25) is 4.99 Å². The summed E-state index contributed by atoms with van der Waals surface area (Å²) in [5, 5.41) is 9.78. The number of aromatic nitrogens is 1. The molecule has 1 fully saturated rings. The highest BCUT2D eigenvalue weighted by molar-refractivity contribution is 5.99. The minimum atomic E-state index is -0.104. The Labute approximate surface area is 182 Å². The van der Waals surface area contributed by atoms with Crippen LogP contribution in [0.1, 0.15) is 29.2 Å². The van der Waals surface area contributed by atoms with Gasteiger partial charge >= 0.3 is 0 Å². The zero-order chi connectivity index (χ0) is 21.3. The monoisotopic (exact) mass is 414 g/mol. The Kier molecular flexibility index (Phi) is 7.09. The lowest BCUT2D eigenvalue weighted by molar-refractivity contribution is 0.120. The van der Waals surface area contributed by atoms with Crippen LogP contribution in [0.5, 0.6) is 0 Å². The van der Waals surface area contributed by atoms with Crippen molar-refractivity contribution >= 4 is 11.6 Å². The molecule has 0 spiro atoms. The van der Waals surface area contributed by atoms with E-state index in [2.05, 4.69) is 45.2 Å². The van der Waals surface area contributed by atoms with Gasteiger partial charge in [-0.25, -0.2) is 4.98 Å². The molecule has 1 aliphatic heterocycles. The Morgan fingerprint density at radius 1 is 1.06 bits per heavy atom. The number of hydrogen-bond donors (Lipinski definition) is 0. The van der Waals surface area contributed by atoms with E-state index in [1.807, 2.05) is 36.4 Å². The third-order valence-electron chi connectivity index (χ3n) is 5.48. The largest absolute Gasteiger partial charge is 0.428 e. The third-order valence-corrected chi connectivity index (χ3v) is 5.48. The van der Waals surface area contributed by atoms with Crippen molar-refractivity contribution in [3.05, 3.63) is 83.9 Å². The predicted molar refractivity (Wildman–Crippen MR) is 120 cm³/mol. The zero-order valence-electron chi connectivity index (χ0n) is 17.5. The molecule has 0 aliphatic carbocycles. The number of ether oxygens (including phenoxy) is 1. The molecule has 1 saturated heterocycles. The van der Waals surface area contributed by atoms with E-state index in [1.165, 1.54) is 12.0 Å². The van der Waals surface area contributed by atoms with Crippen molar-refractivity contribution in [2.75, 3.05) is 37.7 Å². The standard InChI is InChI=1S/C25H26N4O2/c26-18-22(27-12-11-20-7-3-1-4-8-20)17-23(21-9-5-2-6-10-21)24-25(31-19-28-24)29-13-15-30-16-14-29/h1-10,19,23H,11-17H2. The van der Waals surface area contributed by atoms with Gasteiger partial charge in [0.1, 0.15) is 17.5 Å². The fourth-order valence-electron chi connectivity index (χ4n) is 3.85. The normalized spacial score (nSPS) is 15.5. The summed E-state index contributed by atoms with van der Waals surface area (Å²) >= 11 is 0. The van der Waals surface area contributed by atoms with E-state index in [4.69, 9.17) is 9.15 Å². The smallest absolute Gasteiger partial charge is 0.220 e. The van der Waals surface area contributed by atoms with Gasteiger partial charge in [0.15, 0.2) is 6.39 Å². The summed E-state index contributed by atoms with van der Waals surface area (Å²) in [5.74, 6) is 0.659. The first-order valence-electron chi connectivity index (χ1n) is 10.6. The molecular weight excluding hydrogens is 388 g/mol. The van der Waals surface area contributed by atoms with Gasteiger partial charge in [0.05, 0.1) is 13.2 Å². The molecule has 0 bridgehead atoms. The van der Waals surface area contributed by atoms with Gasteiger partial charge in [0.2, 0.25) is 5.88 Å². The highest BCUT2D eigenvalue weighted by atomic mass is 16.5. The van der Waals surface area contributed by atoms with Crippen molar-refractivity contribution in [3.8, 4) is 6.07 Å². The molecule has 0 radical (unpaired) electrons. The van der Waals surface area contributed by atoms with Crippen LogP contribution in [0.25, 0.3) is 0 Å². The third kappa shape index (κ3) is 5.39. The molecule has 158 valence electrons. The quantitative estimate of drug-likeness (QED) is 0.516. The number of benzene rings is 2. The molecule has 6 nitrogen and oxygen atoms in total. The average molecular weight is 415 g/mol. The molecule has 2 aromatic carbocycles. The lowest BCUT2D eigenvalue weighted by Crippen LogP contribution is -2.36. The SMILES string of the molecule is N#CC(CC(c1ccccc1)c1ncoc1N1CCOCC1)=NCCc1ccccc1. The Hall–Kier alpha value is -3.43. The van der Waals surface area contributed by atoms with Gasteiger partial charge < -0.3 is 14.1 Å². The molecule has 3 aromatic rings. The number of rotatable bonds is 8. The van der Waals surface area contributed by atoms with Crippen LogP contribution in [0.2, 0.25) is 0 Å². The second-order valence-corrected chi connectivity index (χ2v) is 7.49. The number of anilines is 1. The molecule has 1 unspecified atom stereocenters. The fourth-order valence-corrected chi connectivity index (χ4v) is 3.85. The maximum atomic E-state index is 9.78. The van der Waals surface area contributed by atoms with Gasteiger partial charge in [-0.05, 0) is 17.5 Å². The van der Waals surface area contributed by atoms with E-state index in [-0.39, 0.29) is 5.92 Å². The molecule has 0 saturated carbocycles. The van der Waals surface area contributed by atoms with Gasteiger partial charge in [0, 0.05) is 32.0 Å². The molecule has 0 N–H and O–H groups in total. The van der Waals surface area contributed by atoms with Crippen molar-refractivity contribution in [2.45, 2.75) is 18.8 Å². The van der Waals surface area contributed by atoms with Gasteiger partial charge in [-0.2, -0.15) is 5.26 Å². The van der Waals surface area contributed by atoms with Crippen molar-refractivity contribution < 1.29 is 9.15 Å². The first-order valence-corrected chi connectivity index (χ1v) is 10.6. The molecule has 6 heteroatoms. The van der Waals surface area contributed by atoms with Crippen molar-refractivity contribution in [3.63, 3.8) is 0 Å². The number of nitriles is 1. The van der Waals surface area contributed by atoms with Gasteiger partial charge in [-0.15, -0.1) is 0 Å². The summed E-state index contributed by atoms with van der Waals surface area (Å²) in [6.07, 6.45) is 2.79. The Bertz CT molecular complexity index is 1020. The van der Waals surface area contributed by atoms with E-state index in [0.717, 1.165) is 36.7 Å². The van der Waals surface area contributed by atoms with Crippen LogP contribution in [0.15, 0.2) is 76.5 Å². The second-order valence-electron chi connectivity index (χ2n) is 7.49. The molecule has 4 rings (SSSR count). The number of nitrogens with zero attached hydrogens (tertiary/aromatic N) is 4. The summed E-state index contributed by atoms with van der Waals surface area (Å²) in [5.41, 5.74) is 3.69. The first-order chi connectivity index (χ1) is 15.3. The molecule has 1 aromatic heterocycles. The summed E-state index contributed by atoms with van der Waals surface area (Å²) in [6, 6.07) is 22.7. The second kappa shape index (κ2) is 10.6. The van der Waals surface area contributed by atoms with Crippen LogP contribution in [0, 0.1) is 11.3 Å². The Morgan fingerprint density at radius 2 is 1.77 bits per heavy atom.